The van der Waals surface area contributed by atoms with Gasteiger partial charge in [-0.05, 0) is 32.4 Å². The Labute approximate surface area is 208 Å². The van der Waals surface area contributed by atoms with Gasteiger partial charge in [-0.2, -0.15) is 5.10 Å². The minimum atomic E-state index is -0.637. The second kappa shape index (κ2) is 9.30. The maximum atomic E-state index is 15.6. The van der Waals surface area contributed by atoms with Gasteiger partial charge in [0.1, 0.15) is 28.3 Å². The molecule has 0 unspecified atom stereocenters. The van der Waals surface area contributed by atoms with Crippen LogP contribution < -0.4 is 26.0 Å². The highest BCUT2D eigenvalue weighted by molar-refractivity contribution is 6.14. The Morgan fingerprint density at radius 3 is 2.72 bits per heavy atom. The van der Waals surface area contributed by atoms with Crippen LogP contribution in [0, 0.1) is 12.7 Å². The third-order valence-electron chi connectivity index (χ3n) is 6.70. The molecule has 1 fully saturated rings. The summed E-state index contributed by atoms with van der Waals surface area (Å²) in [7, 11) is 3.22. The summed E-state index contributed by atoms with van der Waals surface area (Å²) in [5.41, 5.74) is 9.06. The molecule has 5 rings (SSSR count). The quantitative estimate of drug-likeness (QED) is 0.377. The van der Waals surface area contributed by atoms with Gasteiger partial charge in [-0.25, -0.2) is 9.37 Å². The minimum absolute atomic E-state index is 0.126. The van der Waals surface area contributed by atoms with E-state index in [1.165, 1.54) is 13.2 Å². The summed E-state index contributed by atoms with van der Waals surface area (Å²) < 4.78 is 24.4. The van der Waals surface area contributed by atoms with Gasteiger partial charge in [0.25, 0.3) is 5.91 Å². The van der Waals surface area contributed by atoms with Crippen LogP contribution in [0.5, 0.6) is 5.75 Å². The number of halogens is 1. The van der Waals surface area contributed by atoms with Gasteiger partial charge >= 0.3 is 0 Å². The van der Waals surface area contributed by atoms with Crippen LogP contribution in [0.1, 0.15) is 35.8 Å². The number of nitrogens with zero attached hydrogens (tertiary/aromatic N) is 5. The first-order chi connectivity index (χ1) is 17.3. The lowest BCUT2D eigenvalue weighted by molar-refractivity contribution is 0.102. The minimum Gasteiger partial charge on any atom is -0.492 e. The number of aryl methyl sites for hydroxylation is 2. The number of amides is 1. The summed E-state index contributed by atoms with van der Waals surface area (Å²) in [4.78, 5) is 20.0. The zero-order valence-corrected chi connectivity index (χ0v) is 20.9. The number of ether oxygens (including phenoxy) is 1. The number of hydrogen-bond acceptors (Lipinski definition) is 7. The Morgan fingerprint density at radius 1 is 1.28 bits per heavy atom. The van der Waals surface area contributed by atoms with Crippen molar-refractivity contribution in [3.05, 3.63) is 41.7 Å². The number of benzene rings is 1. The molecule has 0 radical (unpaired) electrons. The highest BCUT2D eigenvalue weighted by Gasteiger charge is 2.27. The lowest BCUT2D eigenvalue weighted by atomic mass is 10.0. The number of hydrogen-bond donors (Lipinski definition) is 3. The molecule has 1 aliphatic rings. The highest BCUT2D eigenvalue weighted by atomic mass is 19.1. The lowest BCUT2D eigenvalue weighted by Gasteiger charge is -2.34. The molecule has 0 bridgehead atoms. The van der Waals surface area contributed by atoms with E-state index in [0.29, 0.717) is 22.9 Å². The SMILES string of the molecule is CCNC1CCN(c2cc(F)c(C(=O)Nc3cn4cc(C)nc4c(N)c3OC)c3nn(C)cc23)CC1. The first-order valence-corrected chi connectivity index (χ1v) is 12.1. The molecule has 0 atom stereocenters. The predicted molar refractivity (Wildman–Crippen MR) is 138 cm³/mol. The first-order valence-electron chi connectivity index (χ1n) is 12.1. The topological polar surface area (TPSA) is 115 Å². The normalized spacial score (nSPS) is 14.6. The number of piperidine rings is 1. The fourth-order valence-electron chi connectivity index (χ4n) is 5.09. The third-order valence-corrected chi connectivity index (χ3v) is 6.70. The Hall–Kier alpha value is -3.86. The molecule has 1 saturated heterocycles. The number of aromatic nitrogens is 4. The van der Waals surface area contributed by atoms with Gasteiger partial charge in [0.15, 0.2) is 11.4 Å². The number of nitrogens with two attached hydrogens (primary N) is 1. The zero-order chi connectivity index (χ0) is 25.6. The van der Waals surface area contributed by atoms with Crippen molar-refractivity contribution >= 4 is 39.5 Å². The molecular formula is C25H31FN8O2. The van der Waals surface area contributed by atoms with Gasteiger partial charge in [0.2, 0.25) is 0 Å². The van der Waals surface area contributed by atoms with Gasteiger partial charge in [0.05, 0.1) is 18.5 Å². The molecule has 4 N–H and O–H groups in total. The van der Waals surface area contributed by atoms with E-state index in [4.69, 9.17) is 10.5 Å². The molecule has 3 aromatic heterocycles. The summed E-state index contributed by atoms with van der Waals surface area (Å²) in [5, 5.41) is 11.5. The van der Waals surface area contributed by atoms with E-state index in [-0.39, 0.29) is 17.0 Å². The average molecular weight is 495 g/mol. The van der Waals surface area contributed by atoms with Crippen molar-refractivity contribution in [2.45, 2.75) is 32.7 Å². The van der Waals surface area contributed by atoms with E-state index in [0.717, 1.165) is 49.2 Å². The van der Waals surface area contributed by atoms with Gasteiger partial charge in [0, 0.05) is 50.2 Å². The van der Waals surface area contributed by atoms with Crippen molar-refractivity contribution in [1.29, 1.82) is 0 Å². The Bertz CT molecular complexity index is 1450. The highest BCUT2D eigenvalue weighted by Crippen LogP contribution is 2.36. The van der Waals surface area contributed by atoms with Crippen LogP contribution in [0.4, 0.5) is 21.5 Å². The maximum absolute atomic E-state index is 15.6. The predicted octanol–water partition coefficient (Wildman–Crippen LogP) is 3.09. The molecule has 0 spiro atoms. The number of nitrogens with one attached hydrogen (secondary N) is 2. The van der Waals surface area contributed by atoms with E-state index in [1.54, 1.807) is 28.5 Å². The summed E-state index contributed by atoms with van der Waals surface area (Å²) in [6.07, 6.45) is 7.20. The average Bonchev–Trinajstić information content (AvgIpc) is 3.41. The van der Waals surface area contributed by atoms with E-state index in [9.17, 15) is 4.79 Å². The Morgan fingerprint density at radius 2 is 2.03 bits per heavy atom. The number of carbonyl (C=O) groups is 1. The van der Waals surface area contributed by atoms with Crippen LogP contribution in [0.3, 0.4) is 0 Å². The van der Waals surface area contributed by atoms with Crippen molar-refractivity contribution in [3.8, 4) is 5.75 Å². The van der Waals surface area contributed by atoms with Gasteiger partial charge in [-0.15, -0.1) is 0 Å². The van der Waals surface area contributed by atoms with Gasteiger partial charge in [-0.3, -0.25) is 9.48 Å². The molecule has 1 amide bonds. The molecule has 10 nitrogen and oxygen atoms in total. The van der Waals surface area contributed by atoms with Crippen LogP contribution in [-0.4, -0.2) is 57.9 Å². The molecule has 1 aromatic carbocycles. The maximum Gasteiger partial charge on any atom is 0.261 e. The number of imidazole rings is 1. The second-order valence-corrected chi connectivity index (χ2v) is 9.19. The monoisotopic (exact) mass is 494 g/mol. The van der Waals surface area contributed by atoms with Crippen LogP contribution >= 0.6 is 0 Å². The smallest absolute Gasteiger partial charge is 0.261 e. The first kappa shape index (κ1) is 23.9. The van der Waals surface area contributed by atoms with Crippen molar-refractivity contribution in [2.24, 2.45) is 7.05 Å². The fourth-order valence-corrected chi connectivity index (χ4v) is 5.09. The number of methoxy groups -OCH3 is 1. The molecule has 4 heterocycles. The standard InChI is InChI=1S/C25H31FN8O2/c1-5-28-15-6-8-33(9-7-15)19-10-17(26)20(22-16(19)12-32(3)31-22)25(35)30-18-13-34-11-14(2)29-24(34)21(27)23(18)36-4/h10-13,15,28H,5-9,27H2,1-4H3,(H,30,35). The summed E-state index contributed by atoms with van der Waals surface area (Å²) in [6, 6.07) is 1.91. The Balaban J connectivity index is 1.52. The summed E-state index contributed by atoms with van der Waals surface area (Å²) >= 11 is 0. The summed E-state index contributed by atoms with van der Waals surface area (Å²) in [6.45, 7) is 6.47. The molecule has 0 aliphatic carbocycles. The van der Waals surface area contributed by atoms with Crippen molar-refractivity contribution in [3.63, 3.8) is 0 Å². The van der Waals surface area contributed by atoms with E-state index in [1.807, 2.05) is 13.1 Å². The number of fused-ring (bicyclic) bond motifs is 2. The molecule has 1 aliphatic heterocycles. The van der Waals surface area contributed by atoms with E-state index in [2.05, 4.69) is 32.5 Å². The number of rotatable bonds is 6. The van der Waals surface area contributed by atoms with Crippen molar-refractivity contribution < 1.29 is 13.9 Å². The number of carbonyl (C=O) groups excluding carboxylic acids is 1. The Kier molecular flexibility index (Phi) is 6.17. The van der Waals surface area contributed by atoms with Gasteiger partial charge < -0.3 is 30.4 Å². The number of nitrogen functional groups attached to an aromatic ring is 1. The van der Waals surface area contributed by atoms with Gasteiger partial charge in [-0.1, -0.05) is 6.92 Å². The fraction of sp³-hybridized carbons (Fsp3) is 0.400. The third kappa shape index (κ3) is 4.09. The van der Waals surface area contributed by atoms with E-state index < -0.39 is 11.7 Å². The molecule has 190 valence electrons. The number of pyridine rings is 1. The zero-order valence-electron chi connectivity index (χ0n) is 20.9. The van der Waals surface area contributed by atoms with Crippen LogP contribution in [-0.2, 0) is 7.05 Å². The van der Waals surface area contributed by atoms with E-state index >= 15 is 4.39 Å². The van der Waals surface area contributed by atoms with Crippen LogP contribution in [0.2, 0.25) is 0 Å². The van der Waals surface area contributed by atoms with Crippen molar-refractivity contribution in [1.82, 2.24) is 24.5 Å². The number of anilines is 3. The second-order valence-electron chi connectivity index (χ2n) is 9.19. The van der Waals surface area contributed by atoms with Crippen molar-refractivity contribution in [2.75, 3.05) is 42.7 Å². The molecule has 0 saturated carbocycles. The van der Waals surface area contributed by atoms with Crippen LogP contribution in [0.25, 0.3) is 16.6 Å². The largest absolute Gasteiger partial charge is 0.492 e. The molecule has 36 heavy (non-hydrogen) atoms. The molecule has 4 aromatic rings. The summed E-state index contributed by atoms with van der Waals surface area (Å²) in [5.74, 6) is -1.00. The lowest BCUT2D eigenvalue weighted by Crippen LogP contribution is -2.42. The van der Waals surface area contributed by atoms with Crippen LogP contribution in [0.15, 0.2) is 24.7 Å². The molecular weight excluding hydrogens is 463 g/mol. The molecule has 11 heteroatoms.